The summed E-state index contributed by atoms with van der Waals surface area (Å²) in [6.07, 6.45) is 0. The minimum Gasteiger partial charge on any atom is -0.396 e. The molecule has 0 aliphatic carbocycles. The molecule has 1 saturated heterocycles. The van der Waals surface area contributed by atoms with Crippen molar-refractivity contribution in [3.8, 4) is 0 Å². The molecule has 1 aliphatic heterocycles. The molecule has 0 aromatic heterocycles. The van der Waals surface area contributed by atoms with Crippen LogP contribution in [-0.4, -0.2) is 30.8 Å². The van der Waals surface area contributed by atoms with E-state index in [0.717, 1.165) is 5.56 Å². The van der Waals surface area contributed by atoms with Crippen molar-refractivity contribution >= 4 is 11.6 Å². The monoisotopic (exact) mass is 402 g/mol. The van der Waals surface area contributed by atoms with Crippen LogP contribution in [0.4, 0.5) is 10.1 Å². The molecule has 3 N–H and O–H groups in total. The lowest BCUT2D eigenvalue weighted by molar-refractivity contribution is -0.114. The summed E-state index contributed by atoms with van der Waals surface area (Å²) in [5.74, 6) is -0.638. The summed E-state index contributed by atoms with van der Waals surface area (Å²) in [6, 6.07) is 14.3. The van der Waals surface area contributed by atoms with E-state index >= 15 is 0 Å². The van der Waals surface area contributed by atoms with Crippen molar-refractivity contribution in [1.29, 1.82) is 0 Å². The molecule has 3 rings (SSSR count). The van der Waals surface area contributed by atoms with Crippen LogP contribution in [0.1, 0.15) is 38.8 Å². The Bertz CT molecular complexity index is 815. The molecule has 0 radical (unpaired) electrons. The third-order valence-electron chi connectivity index (χ3n) is 5.30. The van der Waals surface area contributed by atoms with E-state index in [1.165, 1.54) is 19.1 Å². The number of carbonyl (C=O) groups excluding carboxylic acids is 1. The van der Waals surface area contributed by atoms with Crippen molar-refractivity contribution < 1.29 is 19.0 Å². The number of rotatable bonds is 6. The maximum absolute atomic E-state index is 14.9. The van der Waals surface area contributed by atoms with Crippen LogP contribution < -0.4 is 10.6 Å². The summed E-state index contributed by atoms with van der Waals surface area (Å²) in [7, 11) is 0. The standard InChI is InChI=1S/C21H25FN2O3.C2H6/c1-15(26)24-17-8-9-19(22)18(10-17)21(14-27-13-20(21,2)12-25)23-11-16-6-4-3-5-7-16;1-2/h3-10,23,25H,11-14H2,1-2H3,(H,24,26);1-2H3/t20-,21-;/m1./s1. The predicted molar refractivity (Wildman–Crippen MR) is 113 cm³/mol. The highest BCUT2D eigenvalue weighted by Gasteiger charge is 2.55. The number of benzene rings is 2. The van der Waals surface area contributed by atoms with Gasteiger partial charge in [-0.1, -0.05) is 51.1 Å². The Morgan fingerprint density at radius 3 is 2.48 bits per heavy atom. The fourth-order valence-electron chi connectivity index (χ4n) is 3.65. The Labute approximate surface area is 172 Å². The molecule has 6 heteroatoms. The SMILES string of the molecule is CC.CC(=O)Nc1ccc(F)c([C@]2(NCc3ccccc3)COC[C@@]2(C)CO)c1. The highest BCUT2D eigenvalue weighted by molar-refractivity contribution is 5.88. The lowest BCUT2D eigenvalue weighted by Gasteiger charge is -2.42. The van der Waals surface area contributed by atoms with Gasteiger partial charge in [0.05, 0.1) is 25.4 Å². The van der Waals surface area contributed by atoms with Crippen LogP contribution in [0.5, 0.6) is 0 Å². The van der Waals surface area contributed by atoms with E-state index < -0.39 is 16.8 Å². The molecule has 1 fully saturated rings. The number of hydrogen-bond donors (Lipinski definition) is 3. The number of carbonyl (C=O) groups is 1. The number of anilines is 1. The lowest BCUT2D eigenvalue weighted by atomic mass is 9.69. The molecule has 0 spiro atoms. The first-order valence-corrected chi connectivity index (χ1v) is 9.95. The molecule has 1 amide bonds. The van der Waals surface area contributed by atoms with Crippen molar-refractivity contribution in [1.82, 2.24) is 5.32 Å². The van der Waals surface area contributed by atoms with Gasteiger partial charge in [0.15, 0.2) is 0 Å². The predicted octanol–water partition coefficient (Wildman–Crippen LogP) is 3.82. The van der Waals surface area contributed by atoms with E-state index in [9.17, 15) is 14.3 Å². The Morgan fingerprint density at radius 2 is 1.86 bits per heavy atom. The maximum Gasteiger partial charge on any atom is 0.221 e. The molecule has 5 nitrogen and oxygen atoms in total. The van der Waals surface area contributed by atoms with Crippen molar-refractivity contribution in [3.05, 3.63) is 65.5 Å². The van der Waals surface area contributed by atoms with Gasteiger partial charge in [0.2, 0.25) is 5.91 Å². The first kappa shape index (κ1) is 23.0. The molecule has 0 bridgehead atoms. The minimum atomic E-state index is -0.934. The number of halogens is 1. The van der Waals surface area contributed by atoms with E-state index in [1.54, 1.807) is 6.07 Å². The van der Waals surface area contributed by atoms with E-state index in [-0.39, 0.29) is 19.1 Å². The van der Waals surface area contributed by atoms with Crippen molar-refractivity contribution in [3.63, 3.8) is 0 Å². The number of ether oxygens (including phenoxy) is 1. The van der Waals surface area contributed by atoms with Gasteiger partial charge in [-0.15, -0.1) is 0 Å². The van der Waals surface area contributed by atoms with Gasteiger partial charge in [-0.3, -0.25) is 4.79 Å². The largest absolute Gasteiger partial charge is 0.396 e. The summed E-state index contributed by atoms with van der Waals surface area (Å²) in [4.78, 5) is 11.4. The number of aliphatic hydroxyl groups is 1. The second kappa shape index (κ2) is 9.96. The molecule has 1 heterocycles. The van der Waals surface area contributed by atoms with Crippen LogP contribution in [0, 0.1) is 11.2 Å². The quantitative estimate of drug-likeness (QED) is 0.687. The van der Waals surface area contributed by atoms with Crippen molar-refractivity contribution in [2.75, 3.05) is 25.1 Å². The van der Waals surface area contributed by atoms with Crippen LogP contribution >= 0.6 is 0 Å². The molecular weight excluding hydrogens is 371 g/mol. The Hall–Kier alpha value is -2.28. The highest BCUT2D eigenvalue weighted by Crippen LogP contribution is 2.46. The average molecular weight is 403 g/mol. The average Bonchev–Trinajstić information content (AvgIpc) is 3.07. The summed E-state index contributed by atoms with van der Waals surface area (Å²) in [6.45, 7) is 8.13. The smallest absolute Gasteiger partial charge is 0.221 e. The van der Waals surface area contributed by atoms with Crippen LogP contribution in [-0.2, 0) is 21.6 Å². The zero-order valence-corrected chi connectivity index (χ0v) is 17.6. The topological polar surface area (TPSA) is 70.6 Å². The van der Waals surface area contributed by atoms with Crippen LogP contribution in [0.2, 0.25) is 0 Å². The summed E-state index contributed by atoms with van der Waals surface area (Å²) in [5.41, 5.74) is 0.265. The summed E-state index contributed by atoms with van der Waals surface area (Å²) < 4.78 is 20.6. The molecule has 1 aliphatic rings. The van der Waals surface area contributed by atoms with Crippen molar-refractivity contribution in [2.45, 2.75) is 39.8 Å². The van der Waals surface area contributed by atoms with Gasteiger partial charge in [0, 0.05) is 30.1 Å². The molecule has 2 aromatic carbocycles. The third-order valence-corrected chi connectivity index (χ3v) is 5.30. The number of amides is 1. The fraction of sp³-hybridized carbons (Fsp3) is 0.435. The Balaban J connectivity index is 0.00000145. The molecule has 2 atom stereocenters. The van der Waals surface area contributed by atoms with E-state index in [4.69, 9.17) is 4.74 Å². The van der Waals surface area contributed by atoms with Gasteiger partial charge in [-0.25, -0.2) is 4.39 Å². The molecule has 0 saturated carbocycles. The summed E-state index contributed by atoms with van der Waals surface area (Å²) in [5, 5.41) is 16.3. The molecule has 0 unspecified atom stereocenters. The van der Waals surface area contributed by atoms with E-state index in [2.05, 4.69) is 10.6 Å². The van der Waals surface area contributed by atoms with E-state index in [0.29, 0.717) is 24.4 Å². The Morgan fingerprint density at radius 1 is 1.17 bits per heavy atom. The molecule has 29 heavy (non-hydrogen) atoms. The van der Waals surface area contributed by atoms with Gasteiger partial charge < -0.3 is 20.5 Å². The number of hydrogen-bond acceptors (Lipinski definition) is 4. The molecule has 158 valence electrons. The van der Waals surface area contributed by atoms with Crippen LogP contribution in [0.15, 0.2) is 48.5 Å². The summed E-state index contributed by atoms with van der Waals surface area (Å²) >= 11 is 0. The second-order valence-electron chi connectivity index (χ2n) is 7.33. The zero-order chi connectivity index (χ0) is 21.5. The fourth-order valence-corrected chi connectivity index (χ4v) is 3.65. The lowest BCUT2D eigenvalue weighted by Crippen LogP contribution is -2.55. The van der Waals surface area contributed by atoms with Gasteiger partial charge in [-0.05, 0) is 23.8 Å². The normalized spacial score (nSPS) is 23.2. The maximum atomic E-state index is 14.9. The zero-order valence-electron chi connectivity index (χ0n) is 17.6. The molecular formula is C23H31FN2O3. The Kier molecular flexibility index (Phi) is 7.90. The van der Waals surface area contributed by atoms with Gasteiger partial charge in [-0.2, -0.15) is 0 Å². The van der Waals surface area contributed by atoms with Gasteiger partial charge in [0.25, 0.3) is 0 Å². The first-order chi connectivity index (χ1) is 13.9. The number of aliphatic hydroxyl groups excluding tert-OH is 1. The highest BCUT2D eigenvalue weighted by atomic mass is 19.1. The van der Waals surface area contributed by atoms with Gasteiger partial charge >= 0.3 is 0 Å². The van der Waals surface area contributed by atoms with Crippen molar-refractivity contribution in [2.24, 2.45) is 5.41 Å². The van der Waals surface area contributed by atoms with Crippen LogP contribution in [0.25, 0.3) is 0 Å². The van der Waals surface area contributed by atoms with Gasteiger partial charge in [0.1, 0.15) is 5.82 Å². The second-order valence-corrected chi connectivity index (χ2v) is 7.33. The third kappa shape index (κ3) is 4.83. The van der Waals surface area contributed by atoms with E-state index in [1.807, 2.05) is 51.1 Å². The molecule has 2 aromatic rings. The first-order valence-electron chi connectivity index (χ1n) is 9.95. The minimum absolute atomic E-state index is 0.168. The number of nitrogens with one attached hydrogen (secondary N) is 2. The van der Waals surface area contributed by atoms with Crippen LogP contribution in [0.3, 0.4) is 0 Å².